The Morgan fingerprint density at radius 2 is 2.21 bits per heavy atom. The summed E-state index contributed by atoms with van der Waals surface area (Å²) in [7, 11) is 5.75. The predicted molar refractivity (Wildman–Crippen MR) is 93.1 cm³/mol. The Morgan fingerprint density at radius 3 is 2.88 bits per heavy atom. The highest BCUT2D eigenvalue weighted by Crippen LogP contribution is 2.27. The number of aryl methyl sites for hydroxylation is 1. The molecule has 3 rings (SSSR count). The number of rotatable bonds is 3. The molecule has 1 saturated heterocycles. The van der Waals surface area contributed by atoms with E-state index in [1.54, 1.807) is 29.7 Å². The molecule has 24 heavy (non-hydrogen) atoms. The van der Waals surface area contributed by atoms with Gasteiger partial charge in [-0.1, -0.05) is 0 Å². The topological polar surface area (TPSA) is 92.3 Å². The zero-order valence-corrected chi connectivity index (χ0v) is 14.2. The molecule has 0 spiro atoms. The van der Waals surface area contributed by atoms with E-state index in [9.17, 15) is 4.79 Å². The normalized spacial score (nSPS) is 20.2. The van der Waals surface area contributed by atoms with Crippen molar-refractivity contribution in [3.8, 4) is 0 Å². The van der Waals surface area contributed by atoms with E-state index >= 15 is 0 Å². The van der Waals surface area contributed by atoms with Gasteiger partial charge in [0, 0.05) is 58.6 Å². The van der Waals surface area contributed by atoms with E-state index in [1.807, 2.05) is 36.8 Å². The molecule has 128 valence electrons. The number of likely N-dealkylation sites (tertiary alicyclic amines) is 1. The molecule has 2 amide bonds. The minimum absolute atomic E-state index is 0.0581. The van der Waals surface area contributed by atoms with Crippen LogP contribution in [-0.4, -0.2) is 58.7 Å². The van der Waals surface area contributed by atoms with Crippen molar-refractivity contribution in [1.29, 1.82) is 0 Å². The maximum absolute atomic E-state index is 12.6. The summed E-state index contributed by atoms with van der Waals surface area (Å²) in [5, 5.41) is 2.96. The molecule has 0 aliphatic carbocycles. The Kier molecular flexibility index (Phi) is 4.39. The van der Waals surface area contributed by atoms with Gasteiger partial charge >= 0.3 is 6.03 Å². The second-order valence-corrected chi connectivity index (χ2v) is 6.36. The molecule has 0 bridgehead atoms. The minimum atomic E-state index is -0.154. The van der Waals surface area contributed by atoms with Crippen LogP contribution in [0.4, 0.5) is 16.2 Å². The Hall–Kier alpha value is -2.61. The summed E-state index contributed by atoms with van der Waals surface area (Å²) in [5.41, 5.74) is 8.75. The fourth-order valence-corrected chi connectivity index (χ4v) is 2.97. The number of urea groups is 1. The van der Waals surface area contributed by atoms with E-state index in [1.165, 1.54) is 0 Å². The second-order valence-electron chi connectivity index (χ2n) is 6.36. The highest BCUT2D eigenvalue weighted by Gasteiger charge is 2.35. The van der Waals surface area contributed by atoms with Crippen LogP contribution >= 0.6 is 0 Å². The van der Waals surface area contributed by atoms with Gasteiger partial charge in [0.15, 0.2) is 0 Å². The molecule has 8 heteroatoms. The largest absolute Gasteiger partial charge is 0.375 e. The SMILES string of the molecule is CN(C)c1cnccc1NC(=O)N1C[C@@H](N)[C@H](c2cn(C)cn2)C1. The molecular weight excluding hydrogens is 306 g/mol. The molecule has 3 N–H and O–H groups in total. The van der Waals surface area contributed by atoms with Crippen molar-refractivity contribution in [3.05, 3.63) is 36.7 Å². The van der Waals surface area contributed by atoms with E-state index in [2.05, 4.69) is 15.3 Å². The number of carbonyl (C=O) groups is 1. The Morgan fingerprint density at radius 1 is 1.42 bits per heavy atom. The number of anilines is 2. The lowest BCUT2D eigenvalue weighted by atomic mass is 10.0. The van der Waals surface area contributed by atoms with Crippen LogP contribution in [0.3, 0.4) is 0 Å². The van der Waals surface area contributed by atoms with Crippen molar-refractivity contribution in [3.63, 3.8) is 0 Å². The Labute approximate surface area is 141 Å². The quantitative estimate of drug-likeness (QED) is 0.870. The van der Waals surface area contributed by atoms with Gasteiger partial charge in [-0.05, 0) is 6.07 Å². The highest BCUT2D eigenvalue weighted by atomic mass is 16.2. The molecule has 3 heterocycles. The first-order valence-corrected chi connectivity index (χ1v) is 7.86. The van der Waals surface area contributed by atoms with Gasteiger partial charge in [0.1, 0.15) is 0 Å². The lowest BCUT2D eigenvalue weighted by Gasteiger charge is -2.21. The average Bonchev–Trinajstić information content (AvgIpc) is 3.13. The van der Waals surface area contributed by atoms with Gasteiger partial charge in [0.05, 0.1) is 29.6 Å². The molecule has 2 aromatic rings. The van der Waals surface area contributed by atoms with Crippen LogP contribution < -0.4 is 16.0 Å². The zero-order valence-electron chi connectivity index (χ0n) is 14.2. The van der Waals surface area contributed by atoms with Crippen molar-refractivity contribution in [1.82, 2.24) is 19.4 Å². The van der Waals surface area contributed by atoms with Gasteiger partial charge in [0.25, 0.3) is 0 Å². The number of hydrogen-bond acceptors (Lipinski definition) is 5. The fraction of sp³-hybridized carbons (Fsp3) is 0.438. The molecule has 2 atom stereocenters. The second kappa shape index (κ2) is 6.48. The van der Waals surface area contributed by atoms with E-state index in [4.69, 9.17) is 5.73 Å². The van der Waals surface area contributed by atoms with Gasteiger partial charge < -0.3 is 25.4 Å². The van der Waals surface area contributed by atoms with Gasteiger partial charge in [0.2, 0.25) is 0 Å². The molecule has 0 radical (unpaired) electrons. The van der Waals surface area contributed by atoms with Crippen LogP contribution in [0.15, 0.2) is 31.0 Å². The van der Waals surface area contributed by atoms with Crippen molar-refractivity contribution < 1.29 is 4.79 Å². The Balaban J connectivity index is 1.71. The number of nitrogens with one attached hydrogen (secondary N) is 1. The molecular formula is C16H23N7O. The van der Waals surface area contributed by atoms with E-state index in [0.29, 0.717) is 13.1 Å². The highest BCUT2D eigenvalue weighted by molar-refractivity contribution is 5.93. The van der Waals surface area contributed by atoms with E-state index in [0.717, 1.165) is 17.1 Å². The smallest absolute Gasteiger partial charge is 0.321 e. The van der Waals surface area contributed by atoms with Crippen LogP contribution in [0.25, 0.3) is 0 Å². The summed E-state index contributed by atoms with van der Waals surface area (Å²) >= 11 is 0. The summed E-state index contributed by atoms with van der Waals surface area (Å²) in [5.74, 6) is 0.0581. The molecule has 0 unspecified atom stereocenters. The standard InChI is InChI=1S/C16H23N7O/c1-21(2)15-6-18-5-4-13(15)20-16(24)23-7-11(12(17)8-23)14-9-22(3)10-19-14/h4-6,9-12H,7-8,17H2,1-3H3,(H,18,20,24)/t11-,12-/m1/s1. The number of imidazole rings is 1. The summed E-state index contributed by atoms with van der Waals surface area (Å²) in [6.07, 6.45) is 7.10. The molecule has 1 aliphatic heterocycles. The van der Waals surface area contributed by atoms with Crippen molar-refractivity contribution >= 4 is 17.4 Å². The number of aromatic nitrogens is 3. The number of amides is 2. The third-order valence-electron chi connectivity index (χ3n) is 4.28. The number of pyridine rings is 1. The summed E-state index contributed by atoms with van der Waals surface area (Å²) in [6.45, 7) is 1.07. The van der Waals surface area contributed by atoms with Crippen LogP contribution in [0.1, 0.15) is 11.6 Å². The molecule has 8 nitrogen and oxygen atoms in total. The summed E-state index contributed by atoms with van der Waals surface area (Å²) in [4.78, 5) is 24.7. The van der Waals surface area contributed by atoms with E-state index in [-0.39, 0.29) is 18.0 Å². The first kappa shape index (κ1) is 16.3. The lowest BCUT2D eigenvalue weighted by Crippen LogP contribution is -2.35. The lowest BCUT2D eigenvalue weighted by molar-refractivity contribution is 0.221. The summed E-state index contributed by atoms with van der Waals surface area (Å²) in [6, 6.07) is 1.52. The fourth-order valence-electron chi connectivity index (χ4n) is 2.97. The zero-order chi connectivity index (χ0) is 17.3. The Bertz CT molecular complexity index is 727. The number of nitrogens with two attached hydrogens (primary N) is 1. The van der Waals surface area contributed by atoms with Gasteiger partial charge in [-0.2, -0.15) is 0 Å². The third kappa shape index (κ3) is 3.18. The monoisotopic (exact) mass is 329 g/mol. The average molecular weight is 329 g/mol. The molecule has 1 fully saturated rings. The number of nitrogens with zero attached hydrogens (tertiary/aromatic N) is 5. The maximum Gasteiger partial charge on any atom is 0.321 e. The van der Waals surface area contributed by atoms with Gasteiger partial charge in [-0.15, -0.1) is 0 Å². The van der Waals surface area contributed by atoms with Crippen LogP contribution in [0, 0.1) is 0 Å². The van der Waals surface area contributed by atoms with Crippen LogP contribution in [0.2, 0.25) is 0 Å². The third-order valence-corrected chi connectivity index (χ3v) is 4.28. The van der Waals surface area contributed by atoms with E-state index < -0.39 is 0 Å². The molecule has 0 saturated carbocycles. The molecule has 1 aliphatic rings. The van der Waals surface area contributed by atoms with Gasteiger partial charge in [-0.25, -0.2) is 9.78 Å². The number of hydrogen-bond donors (Lipinski definition) is 2. The first-order valence-electron chi connectivity index (χ1n) is 7.86. The van der Waals surface area contributed by atoms with Crippen LogP contribution in [-0.2, 0) is 7.05 Å². The molecule has 0 aromatic carbocycles. The minimum Gasteiger partial charge on any atom is -0.375 e. The molecule has 2 aromatic heterocycles. The first-order chi connectivity index (χ1) is 11.5. The summed E-state index contributed by atoms with van der Waals surface area (Å²) < 4.78 is 1.89. The van der Waals surface area contributed by atoms with Crippen LogP contribution in [0.5, 0.6) is 0 Å². The van der Waals surface area contributed by atoms with Crippen molar-refractivity contribution in [2.24, 2.45) is 12.8 Å². The van der Waals surface area contributed by atoms with Gasteiger partial charge in [-0.3, -0.25) is 4.98 Å². The predicted octanol–water partition coefficient (Wildman–Crippen LogP) is 0.840. The van der Waals surface area contributed by atoms with Crippen molar-refractivity contribution in [2.75, 3.05) is 37.4 Å². The maximum atomic E-state index is 12.6. The number of carbonyl (C=O) groups excluding carboxylic acids is 1. The van der Waals surface area contributed by atoms with Crippen molar-refractivity contribution in [2.45, 2.75) is 12.0 Å².